The van der Waals surface area contributed by atoms with Gasteiger partial charge in [0.15, 0.2) is 0 Å². The molecule has 1 aromatic heterocycles. The van der Waals surface area contributed by atoms with Crippen molar-refractivity contribution >= 4 is 22.0 Å². The van der Waals surface area contributed by atoms with Crippen molar-refractivity contribution in [3.05, 3.63) is 71.9 Å². The number of nitrogens with zero attached hydrogens (tertiary/aromatic N) is 5. The molecule has 0 N–H and O–H groups in total. The number of likely N-dealkylation sites (tertiary alicyclic amines) is 1. The average molecular weight is 546 g/mol. The third kappa shape index (κ3) is 6.47. The second-order valence-corrected chi connectivity index (χ2v) is 11.6. The molecular formula is C30H35N5O3S. The van der Waals surface area contributed by atoms with E-state index >= 15 is 0 Å². The van der Waals surface area contributed by atoms with Crippen molar-refractivity contribution in [3.8, 4) is 23.0 Å². The Morgan fingerprint density at radius 2 is 1.72 bits per heavy atom. The number of hydrogen-bond donors (Lipinski definition) is 0. The highest BCUT2D eigenvalue weighted by Crippen LogP contribution is 2.29. The van der Waals surface area contributed by atoms with Crippen LogP contribution in [-0.4, -0.2) is 59.5 Å². The van der Waals surface area contributed by atoms with E-state index in [0.717, 1.165) is 37.8 Å². The lowest BCUT2D eigenvalue weighted by Crippen LogP contribution is -2.36. The molecule has 9 heteroatoms. The summed E-state index contributed by atoms with van der Waals surface area (Å²) >= 11 is 0. The minimum absolute atomic E-state index is 0.0339. The first kappa shape index (κ1) is 28.3. The fraction of sp³-hybridized carbons (Fsp3) is 0.367. The molecule has 0 radical (unpaired) electrons. The molecule has 0 saturated carbocycles. The van der Waals surface area contributed by atoms with Gasteiger partial charge in [0, 0.05) is 43.5 Å². The van der Waals surface area contributed by atoms with Gasteiger partial charge in [0.25, 0.3) is 5.91 Å². The van der Waals surface area contributed by atoms with Crippen molar-refractivity contribution in [2.75, 3.05) is 26.2 Å². The lowest BCUT2D eigenvalue weighted by molar-refractivity contribution is -0.127. The number of aromatic nitrogens is 2. The summed E-state index contributed by atoms with van der Waals surface area (Å²) < 4.78 is 30.2. The van der Waals surface area contributed by atoms with Crippen LogP contribution >= 0.6 is 0 Å². The lowest BCUT2D eigenvalue weighted by atomic mass is 10.0. The van der Waals surface area contributed by atoms with Crippen molar-refractivity contribution in [1.29, 1.82) is 5.26 Å². The van der Waals surface area contributed by atoms with Gasteiger partial charge in [0.1, 0.15) is 17.3 Å². The molecule has 1 fully saturated rings. The maximum absolute atomic E-state index is 13.5. The molecule has 2 heterocycles. The number of amides is 1. The summed E-state index contributed by atoms with van der Waals surface area (Å²) in [6, 6.07) is 18.3. The van der Waals surface area contributed by atoms with E-state index in [1.807, 2.05) is 44.2 Å². The first-order valence-electron chi connectivity index (χ1n) is 13.6. The van der Waals surface area contributed by atoms with Gasteiger partial charge < -0.3 is 4.90 Å². The third-order valence-corrected chi connectivity index (χ3v) is 8.64. The lowest BCUT2D eigenvalue weighted by Gasteiger charge is -2.26. The van der Waals surface area contributed by atoms with Crippen LogP contribution in [0.4, 0.5) is 0 Å². The summed E-state index contributed by atoms with van der Waals surface area (Å²) in [5.74, 6) is -0.290. The molecule has 1 aliphatic heterocycles. The molecule has 0 atom stereocenters. The zero-order valence-corrected chi connectivity index (χ0v) is 23.4. The van der Waals surface area contributed by atoms with Gasteiger partial charge in [-0.15, -0.1) is 0 Å². The maximum Gasteiger partial charge on any atom is 0.264 e. The Bertz CT molecular complexity index is 1460. The molecule has 4 rings (SSSR count). The number of carbonyl (C=O) groups excluding carboxylic acids is 1. The van der Waals surface area contributed by atoms with E-state index in [1.54, 1.807) is 46.1 Å². The first-order chi connectivity index (χ1) is 18.9. The Kier molecular flexibility index (Phi) is 9.33. The summed E-state index contributed by atoms with van der Waals surface area (Å²) in [6.07, 6.45) is 7.71. The van der Waals surface area contributed by atoms with E-state index in [1.165, 1.54) is 4.31 Å². The highest BCUT2D eigenvalue weighted by Gasteiger charge is 2.25. The molecule has 1 saturated heterocycles. The molecule has 0 unspecified atom stereocenters. The average Bonchev–Trinajstić information content (AvgIpc) is 3.40. The van der Waals surface area contributed by atoms with Crippen LogP contribution in [-0.2, 0) is 14.8 Å². The third-order valence-electron chi connectivity index (χ3n) is 6.75. The van der Waals surface area contributed by atoms with Crippen molar-refractivity contribution < 1.29 is 13.2 Å². The molecule has 2 aromatic carbocycles. The van der Waals surface area contributed by atoms with Crippen molar-refractivity contribution in [2.24, 2.45) is 0 Å². The van der Waals surface area contributed by atoms with Crippen LogP contribution in [0.1, 0.15) is 51.5 Å². The number of sulfonamides is 1. The molecule has 204 valence electrons. The highest BCUT2D eigenvalue weighted by molar-refractivity contribution is 7.89. The standard InChI is InChI=1S/C30H35N5O3S/c1-3-16-34(17-4-2)39(37,38)28-15-11-12-24(21-28)29-26(23-35(32-29)27-13-7-5-8-14-27)20-25(22-31)30(36)33-18-9-6-10-19-33/h5,7-8,11-15,20-21,23H,3-4,6,9-10,16-19H2,1-2H3/b25-20-. The van der Waals surface area contributed by atoms with Crippen LogP contribution in [0.2, 0.25) is 0 Å². The zero-order valence-electron chi connectivity index (χ0n) is 22.6. The largest absolute Gasteiger partial charge is 0.338 e. The van der Waals surface area contributed by atoms with E-state index in [9.17, 15) is 18.5 Å². The van der Waals surface area contributed by atoms with Crippen LogP contribution in [0.3, 0.4) is 0 Å². The number of carbonyl (C=O) groups is 1. The second kappa shape index (κ2) is 12.9. The number of rotatable bonds is 10. The van der Waals surface area contributed by atoms with E-state index in [-0.39, 0.29) is 16.4 Å². The zero-order chi connectivity index (χ0) is 27.8. The van der Waals surface area contributed by atoms with Crippen molar-refractivity contribution in [1.82, 2.24) is 19.0 Å². The predicted octanol–water partition coefficient (Wildman–Crippen LogP) is 5.27. The van der Waals surface area contributed by atoms with Crippen molar-refractivity contribution in [2.45, 2.75) is 50.8 Å². The van der Waals surface area contributed by atoms with Gasteiger partial charge in [-0.3, -0.25) is 4.79 Å². The SMILES string of the molecule is CCCN(CCC)S(=O)(=O)c1cccc(-c2nn(-c3ccccc3)cc2/C=C(/C#N)C(=O)N2CCCCC2)c1. The van der Waals surface area contributed by atoms with Crippen LogP contribution in [0.25, 0.3) is 23.0 Å². The Balaban J connectivity index is 1.81. The predicted molar refractivity (Wildman–Crippen MR) is 152 cm³/mol. The molecule has 8 nitrogen and oxygen atoms in total. The number of benzene rings is 2. The number of hydrogen-bond acceptors (Lipinski definition) is 5. The summed E-state index contributed by atoms with van der Waals surface area (Å²) in [7, 11) is -3.70. The highest BCUT2D eigenvalue weighted by atomic mass is 32.2. The molecule has 1 amide bonds. The van der Waals surface area contributed by atoms with Crippen LogP contribution in [0.5, 0.6) is 0 Å². The van der Waals surface area contributed by atoms with Gasteiger partial charge in [-0.05, 0) is 62.4 Å². The van der Waals surface area contributed by atoms with E-state index in [4.69, 9.17) is 5.10 Å². The van der Waals surface area contributed by atoms with Gasteiger partial charge in [-0.25, -0.2) is 13.1 Å². The Hall–Kier alpha value is -3.74. The number of piperidine rings is 1. The molecule has 0 spiro atoms. The Labute approximate surface area is 231 Å². The van der Waals surface area contributed by atoms with E-state index < -0.39 is 10.0 Å². The second-order valence-electron chi connectivity index (χ2n) is 9.67. The summed E-state index contributed by atoms with van der Waals surface area (Å²) in [5.41, 5.74) is 2.49. The molecule has 1 aliphatic rings. The van der Waals surface area contributed by atoms with Gasteiger partial charge >= 0.3 is 0 Å². The minimum Gasteiger partial charge on any atom is -0.338 e. The van der Waals surface area contributed by atoms with E-state index in [2.05, 4.69) is 6.07 Å². The first-order valence-corrected chi connectivity index (χ1v) is 15.0. The summed E-state index contributed by atoms with van der Waals surface area (Å²) in [4.78, 5) is 15.1. The Morgan fingerprint density at radius 1 is 1.03 bits per heavy atom. The van der Waals surface area contributed by atoms with Gasteiger partial charge in [-0.1, -0.05) is 44.2 Å². The quantitative estimate of drug-likeness (QED) is 0.255. The van der Waals surface area contributed by atoms with Gasteiger partial charge in [-0.2, -0.15) is 14.7 Å². The van der Waals surface area contributed by atoms with Crippen LogP contribution in [0.15, 0.2) is 71.3 Å². The maximum atomic E-state index is 13.5. The number of nitriles is 1. The Morgan fingerprint density at radius 3 is 2.36 bits per heavy atom. The molecule has 0 bridgehead atoms. The van der Waals surface area contributed by atoms with E-state index in [0.29, 0.717) is 43.0 Å². The molecule has 0 aliphatic carbocycles. The monoisotopic (exact) mass is 545 g/mol. The van der Waals surface area contributed by atoms with Crippen LogP contribution in [0, 0.1) is 11.3 Å². The van der Waals surface area contributed by atoms with Gasteiger partial charge in [0.05, 0.1) is 10.6 Å². The molecule has 3 aromatic rings. The fourth-order valence-corrected chi connectivity index (χ4v) is 6.47. The molecule has 39 heavy (non-hydrogen) atoms. The summed E-state index contributed by atoms with van der Waals surface area (Å²) in [5, 5.41) is 14.7. The summed E-state index contributed by atoms with van der Waals surface area (Å²) in [6.45, 7) is 6.09. The van der Waals surface area contributed by atoms with Crippen LogP contribution < -0.4 is 0 Å². The fourth-order valence-electron chi connectivity index (χ4n) is 4.80. The minimum atomic E-state index is -3.70. The normalized spacial score (nSPS) is 14.4. The molecular weight excluding hydrogens is 510 g/mol. The topological polar surface area (TPSA) is 99.3 Å². The van der Waals surface area contributed by atoms with Crippen molar-refractivity contribution in [3.63, 3.8) is 0 Å². The van der Waals surface area contributed by atoms with Gasteiger partial charge in [0.2, 0.25) is 10.0 Å². The smallest absolute Gasteiger partial charge is 0.264 e. The number of para-hydroxylation sites is 1.